The van der Waals surface area contributed by atoms with Crippen molar-refractivity contribution in [2.45, 2.75) is 30.8 Å². The molecule has 0 amide bonds. The molecule has 25 heavy (non-hydrogen) atoms. The van der Waals surface area contributed by atoms with Crippen molar-refractivity contribution in [2.75, 3.05) is 0 Å². The maximum atomic E-state index is 5.63. The molecule has 0 aliphatic rings. The second kappa shape index (κ2) is 7.51. The first kappa shape index (κ1) is 16.5. The van der Waals surface area contributed by atoms with Crippen LogP contribution in [0.15, 0.2) is 44.6 Å². The Kier molecular flexibility index (Phi) is 4.95. The Balaban J connectivity index is 1.37. The van der Waals surface area contributed by atoms with Gasteiger partial charge in [0, 0.05) is 22.4 Å². The van der Waals surface area contributed by atoms with Gasteiger partial charge < -0.3 is 4.42 Å². The van der Waals surface area contributed by atoms with Gasteiger partial charge in [-0.3, -0.25) is 0 Å². The number of thioether (sulfide) groups is 1. The van der Waals surface area contributed by atoms with E-state index in [0.29, 0.717) is 0 Å². The first-order valence-electron chi connectivity index (χ1n) is 7.70. The maximum absolute atomic E-state index is 5.63. The van der Waals surface area contributed by atoms with Crippen LogP contribution in [0.4, 0.5) is 0 Å². The molecule has 0 atom stereocenters. The Morgan fingerprint density at radius 1 is 1.24 bits per heavy atom. The number of tetrazole rings is 1. The van der Waals surface area contributed by atoms with Crippen LogP contribution in [-0.2, 0) is 18.7 Å². The third-order valence-corrected chi connectivity index (χ3v) is 6.33. The summed E-state index contributed by atoms with van der Waals surface area (Å²) in [5, 5.41) is 17.9. The SMILES string of the molecule is Cc1ccc(-c2nc(CSc3nnnn3CCc3cccs3)cs2)o1. The Hall–Kier alpha value is -1.97. The van der Waals surface area contributed by atoms with E-state index >= 15 is 0 Å². The van der Waals surface area contributed by atoms with Crippen molar-refractivity contribution >= 4 is 34.4 Å². The van der Waals surface area contributed by atoms with Gasteiger partial charge in [0.15, 0.2) is 10.8 Å². The van der Waals surface area contributed by atoms with Gasteiger partial charge in [-0.05, 0) is 40.9 Å². The second-order valence-electron chi connectivity index (χ2n) is 5.36. The number of aromatic nitrogens is 5. The topological polar surface area (TPSA) is 69.6 Å². The van der Waals surface area contributed by atoms with Gasteiger partial charge in [0.2, 0.25) is 5.16 Å². The third-order valence-electron chi connectivity index (χ3n) is 3.50. The molecule has 4 aromatic rings. The van der Waals surface area contributed by atoms with Crippen molar-refractivity contribution in [3.8, 4) is 10.8 Å². The van der Waals surface area contributed by atoms with Gasteiger partial charge in [-0.15, -0.1) is 27.8 Å². The van der Waals surface area contributed by atoms with E-state index in [4.69, 9.17) is 4.42 Å². The van der Waals surface area contributed by atoms with Crippen LogP contribution in [0, 0.1) is 6.92 Å². The van der Waals surface area contributed by atoms with Crippen molar-refractivity contribution < 1.29 is 4.42 Å². The van der Waals surface area contributed by atoms with Gasteiger partial charge in [0.05, 0.1) is 12.2 Å². The van der Waals surface area contributed by atoms with E-state index in [2.05, 4.69) is 43.4 Å². The van der Waals surface area contributed by atoms with Crippen molar-refractivity contribution in [1.29, 1.82) is 0 Å². The summed E-state index contributed by atoms with van der Waals surface area (Å²) in [6, 6.07) is 8.10. The summed E-state index contributed by atoms with van der Waals surface area (Å²) in [6.07, 6.45) is 0.939. The highest BCUT2D eigenvalue weighted by atomic mass is 32.2. The van der Waals surface area contributed by atoms with Gasteiger partial charge in [-0.2, -0.15) is 0 Å². The largest absolute Gasteiger partial charge is 0.459 e. The van der Waals surface area contributed by atoms with Gasteiger partial charge in [0.25, 0.3) is 0 Å². The van der Waals surface area contributed by atoms with Gasteiger partial charge in [0.1, 0.15) is 5.76 Å². The minimum atomic E-state index is 0.732. The van der Waals surface area contributed by atoms with Crippen LogP contribution in [0.1, 0.15) is 16.3 Å². The summed E-state index contributed by atoms with van der Waals surface area (Å²) >= 11 is 4.95. The molecule has 0 aliphatic carbocycles. The van der Waals surface area contributed by atoms with Crippen LogP contribution in [0.3, 0.4) is 0 Å². The zero-order chi connectivity index (χ0) is 17.1. The summed E-state index contributed by atoms with van der Waals surface area (Å²) in [5.74, 6) is 2.45. The van der Waals surface area contributed by atoms with E-state index in [1.165, 1.54) is 4.88 Å². The van der Waals surface area contributed by atoms with E-state index in [1.807, 2.05) is 23.7 Å². The van der Waals surface area contributed by atoms with Crippen LogP contribution in [0.2, 0.25) is 0 Å². The number of rotatable bonds is 7. The highest BCUT2D eigenvalue weighted by Crippen LogP contribution is 2.28. The van der Waals surface area contributed by atoms with Gasteiger partial charge in [-0.1, -0.05) is 17.8 Å². The van der Waals surface area contributed by atoms with E-state index in [1.54, 1.807) is 34.4 Å². The normalized spacial score (nSPS) is 11.2. The van der Waals surface area contributed by atoms with Crippen LogP contribution >= 0.6 is 34.4 Å². The molecule has 0 fully saturated rings. The van der Waals surface area contributed by atoms with Crippen molar-refractivity contribution in [2.24, 2.45) is 0 Å². The third kappa shape index (κ3) is 4.00. The van der Waals surface area contributed by atoms with Crippen LogP contribution in [-0.4, -0.2) is 25.2 Å². The molecule has 0 aliphatic heterocycles. The molecule has 0 bridgehead atoms. The molecule has 4 aromatic heterocycles. The molecule has 0 unspecified atom stereocenters. The summed E-state index contributed by atoms with van der Waals surface area (Å²) in [6.45, 7) is 2.72. The molecule has 0 N–H and O–H groups in total. The van der Waals surface area contributed by atoms with Crippen LogP contribution in [0.5, 0.6) is 0 Å². The van der Waals surface area contributed by atoms with Crippen molar-refractivity contribution in [3.05, 3.63) is 51.4 Å². The van der Waals surface area contributed by atoms with Crippen LogP contribution < -0.4 is 0 Å². The Labute approximate surface area is 156 Å². The van der Waals surface area contributed by atoms with E-state index in [9.17, 15) is 0 Å². The van der Waals surface area contributed by atoms with Crippen LogP contribution in [0.25, 0.3) is 10.8 Å². The summed E-state index contributed by atoms with van der Waals surface area (Å²) in [4.78, 5) is 5.97. The summed E-state index contributed by atoms with van der Waals surface area (Å²) in [7, 11) is 0. The first-order chi connectivity index (χ1) is 12.3. The first-order valence-corrected chi connectivity index (χ1v) is 10.4. The lowest BCUT2D eigenvalue weighted by molar-refractivity contribution is 0.548. The fraction of sp³-hybridized carbons (Fsp3) is 0.250. The lowest BCUT2D eigenvalue weighted by Crippen LogP contribution is -2.04. The molecule has 9 heteroatoms. The number of thiazole rings is 1. The number of nitrogens with zero attached hydrogens (tertiary/aromatic N) is 5. The fourth-order valence-corrected chi connectivity index (χ4v) is 4.66. The van der Waals surface area contributed by atoms with Crippen molar-refractivity contribution in [1.82, 2.24) is 25.2 Å². The highest BCUT2D eigenvalue weighted by Gasteiger charge is 2.11. The second-order valence-corrected chi connectivity index (χ2v) is 8.19. The standard InChI is InChI=1S/C16H15N5OS3/c1-11-4-5-14(22-11)15-17-12(9-24-15)10-25-16-18-19-20-21(16)7-6-13-3-2-8-23-13/h2-5,8-9H,6-7,10H2,1H3. The number of furan rings is 1. The zero-order valence-corrected chi connectivity index (χ0v) is 15.9. The molecule has 0 radical (unpaired) electrons. The Bertz CT molecular complexity index is 941. The zero-order valence-electron chi connectivity index (χ0n) is 13.5. The highest BCUT2D eigenvalue weighted by molar-refractivity contribution is 7.98. The average Bonchev–Trinajstić information content (AvgIpc) is 3.38. The van der Waals surface area contributed by atoms with Gasteiger partial charge in [-0.25, -0.2) is 9.67 Å². The molecule has 4 rings (SSSR count). The molecule has 0 saturated heterocycles. The lowest BCUT2D eigenvalue weighted by Gasteiger charge is -2.02. The maximum Gasteiger partial charge on any atom is 0.209 e. The average molecular weight is 390 g/mol. The number of hydrogen-bond donors (Lipinski definition) is 0. The smallest absolute Gasteiger partial charge is 0.209 e. The fourth-order valence-electron chi connectivity index (χ4n) is 2.29. The molecule has 0 saturated carbocycles. The summed E-state index contributed by atoms with van der Waals surface area (Å²) in [5.41, 5.74) is 1.01. The monoisotopic (exact) mass is 389 g/mol. The molecule has 4 heterocycles. The Morgan fingerprint density at radius 2 is 2.20 bits per heavy atom. The van der Waals surface area contributed by atoms with E-state index in [-0.39, 0.29) is 0 Å². The Morgan fingerprint density at radius 3 is 3.00 bits per heavy atom. The number of hydrogen-bond acceptors (Lipinski definition) is 8. The molecular formula is C16H15N5OS3. The molecular weight excluding hydrogens is 374 g/mol. The molecule has 128 valence electrons. The quantitative estimate of drug-likeness (QED) is 0.439. The molecule has 0 spiro atoms. The minimum Gasteiger partial charge on any atom is -0.459 e. The van der Waals surface area contributed by atoms with E-state index < -0.39 is 0 Å². The predicted molar refractivity (Wildman–Crippen MR) is 100.0 cm³/mol. The van der Waals surface area contributed by atoms with E-state index in [0.717, 1.165) is 46.1 Å². The minimum absolute atomic E-state index is 0.732. The van der Waals surface area contributed by atoms with Gasteiger partial charge >= 0.3 is 0 Å². The molecule has 0 aromatic carbocycles. The van der Waals surface area contributed by atoms with Crippen molar-refractivity contribution in [3.63, 3.8) is 0 Å². The number of thiophene rings is 1. The molecule has 6 nitrogen and oxygen atoms in total. The summed E-state index contributed by atoms with van der Waals surface area (Å²) < 4.78 is 7.48. The number of aryl methyl sites for hydroxylation is 3. The lowest BCUT2D eigenvalue weighted by atomic mass is 10.3. The predicted octanol–water partition coefficient (Wildman–Crippen LogP) is 4.29.